The number of benzene rings is 1. The van der Waals surface area contributed by atoms with Crippen molar-refractivity contribution >= 4 is 52.6 Å². The van der Waals surface area contributed by atoms with E-state index in [2.05, 4.69) is 36.6 Å². The predicted octanol–water partition coefficient (Wildman–Crippen LogP) is 2.29. The highest BCUT2D eigenvalue weighted by Gasteiger charge is 2.18. The van der Waals surface area contributed by atoms with Gasteiger partial charge in [-0.2, -0.15) is 11.8 Å². The van der Waals surface area contributed by atoms with Crippen LogP contribution >= 0.6 is 23.5 Å². The molecule has 0 bridgehead atoms. The van der Waals surface area contributed by atoms with E-state index in [0.29, 0.717) is 18.0 Å². The molecule has 1 aromatic carbocycles. The van der Waals surface area contributed by atoms with Crippen molar-refractivity contribution in [1.29, 1.82) is 0 Å². The Bertz CT molecular complexity index is 815. The van der Waals surface area contributed by atoms with Gasteiger partial charge in [0.2, 0.25) is 17.7 Å². The van der Waals surface area contributed by atoms with Crippen molar-refractivity contribution in [1.82, 2.24) is 10.6 Å². The monoisotopic (exact) mass is 511 g/mol. The van der Waals surface area contributed by atoms with Gasteiger partial charge < -0.3 is 21.2 Å². The topological polar surface area (TPSA) is 135 Å². The molecule has 0 saturated heterocycles. The molecule has 3 amide bonds. The van der Waals surface area contributed by atoms with Gasteiger partial charge in [-0.1, -0.05) is 56.8 Å². The largest absolute Gasteiger partial charge is 0.368 e. The summed E-state index contributed by atoms with van der Waals surface area (Å²) < 4.78 is 0. The Morgan fingerprint density at radius 3 is 1.94 bits per heavy atom. The van der Waals surface area contributed by atoms with Crippen LogP contribution in [0.15, 0.2) is 24.3 Å². The number of carbonyl (C=O) groups excluding carboxylic acids is 5. The number of nitrogens with one attached hydrogen (secondary N) is 2. The summed E-state index contributed by atoms with van der Waals surface area (Å²) in [6.45, 7) is 8.92. The minimum atomic E-state index is -0.623. The summed E-state index contributed by atoms with van der Waals surface area (Å²) in [5.74, 6) is 0.149. The molecule has 0 aromatic heterocycles. The molecule has 3 unspecified atom stereocenters. The second-order valence-corrected chi connectivity index (χ2v) is 10.2. The first kappa shape index (κ1) is 31.7. The van der Waals surface area contributed by atoms with Crippen molar-refractivity contribution in [2.24, 2.45) is 11.7 Å². The van der Waals surface area contributed by atoms with E-state index in [-0.39, 0.29) is 28.6 Å². The van der Waals surface area contributed by atoms with E-state index in [1.54, 1.807) is 0 Å². The fourth-order valence-corrected chi connectivity index (χ4v) is 4.30. The average molecular weight is 512 g/mol. The van der Waals surface area contributed by atoms with E-state index in [1.807, 2.05) is 25.3 Å². The maximum Gasteiger partial charge on any atom is 0.240 e. The van der Waals surface area contributed by atoms with Crippen LogP contribution < -0.4 is 16.4 Å². The predicted molar refractivity (Wildman–Crippen MR) is 140 cm³/mol. The van der Waals surface area contributed by atoms with Crippen LogP contribution in [0, 0.1) is 5.92 Å². The lowest BCUT2D eigenvalue weighted by molar-refractivity contribution is -0.125. The molecule has 190 valence electrons. The highest BCUT2D eigenvalue weighted by Crippen LogP contribution is 2.23. The quantitative estimate of drug-likeness (QED) is 0.366. The normalized spacial score (nSPS) is 13.0. The molecular formula is C24H37N3O5S2. The van der Waals surface area contributed by atoms with Crippen molar-refractivity contribution < 1.29 is 24.0 Å². The molecule has 0 heterocycles. The Balaban J connectivity index is 0.000000833. The molecule has 0 fully saturated rings. The molecule has 8 nitrogen and oxygen atoms in total. The highest BCUT2D eigenvalue weighted by molar-refractivity contribution is 8.13. The van der Waals surface area contributed by atoms with E-state index in [4.69, 9.17) is 5.73 Å². The molecule has 4 N–H and O–H groups in total. The molecule has 0 aliphatic rings. The minimum absolute atomic E-state index is 0.00110. The van der Waals surface area contributed by atoms with Crippen molar-refractivity contribution in [3.63, 3.8) is 0 Å². The molecule has 1 rings (SSSR count). The molecule has 1 aromatic rings. The lowest BCUT2D eigenvalue weighted by atomic mass is 9.97. The van der Waals surface area contributed by atoms with E-state index >= 15 is 0 Å². The smallest absolute Gasteiger partial charge is 0.240 e. The number of hydrogen-bond acceptors (Lipinski definition) is 7. The van der Waals surface area contributed by atoms with Crippen LogP contribution in [0.1, 0.15) is 51.7 Å². The molecule has 0 radical (unpaired) electrons. The third kappa shape index (κ3) is 14.0. The van der Waals surface area contributed by atoms with Gasteiger partial charge in [-0.05, 0) is 29.7 Å². The first-order valence-electron chi connectivity index (χ1n) is 10.9. The van der Waals surface area contributed by atoms with Gasteiger partial charge >= 0.3 is 0 Å². The van der Waals surface area contributed by atoms with Crippen LogP contribution in [0.25, 0.3) is 0 Å². The van der Waals surface area contributed by atoms with Crippen molar-refractivity contribution in [2.45, 2.75) is 59.0 Å². The SMILES string of the molecule is CC(=O)NC(C=O)CSC(=O)C(C)c1ccc(CC(C)C)cc1.CSCC(NC(C)=O)C(N)=O. The van der Waals surface area contributed by atoms with Crippen molar-refractivity contribution in [2.75, 3.05) is 17.8 Å². The van der Waals surface area contributed by atoms with Gasteiger partial charge in [-0.3, -0.25) is 19.2 Å². The van der Waals surface area contributed by atoms with Gasteiger partial charge in [0.25, 0.3) is 0 Å². The highest BCUT2D eigenvalue weighted by atomic mass is 32.2. The van der Waals surface area contributed by atoms with Crippen LogP contribution in [-0.4, -0.2) is 59.0 Å². The molecule has 0 spiro atoms. The molecule has 34 heavy (non-hydrogen) atoms. The van der Waals surface area contributed by atoms with E-state index in [0.717, 1.165) is 23.7 Å². The lowest BCUT2D eigenvalue weighted by Gasteiger charge is -2.14. The fourth-order valence-electron chi connectivity index (χ4n) is 2.83. The standard InChI is InChI=1S/C18H25NO3S.C6H12N2O2S/c1-12(2)9-15-5-7-16(8-6-15)13(3)18(22)23-11-17(10-20)19-14(4)21;1-4(9)8-5(3-11-2)6(7)10/h5-8,10,12-13,17H,9,11H2,1-4H3,(H,19,21);5H,3H2,1-2H3,(H2,7,10)(H,8,9). The van der Waals surface area contributed by atoms with Crippen molar-refractivity contribution in [3.8, 4) is 0 Å². The van der Waals surface area contributed by atoms with Crippen LogP contribution in [0.5, 0.6) is 0 Å². The van der Waals surface area contributed by atoms with Crippen molar-refractivity contribution in [3.05, 3.63) is 35.4 Å². The summed E-state index contributed by atoms with van der Waals surface area (Å²) in [5.41, 5.74) is 7.24. The average Bonchev–Trinajstić information content (AvgIpc) is 2.75. The van der Waals surface area contributed by atoms with Crippen LogP contribution in [-0.2, 0) is 30.4 Å². The maximum atomic E-state index is 12.2. The summed E-state index contributed by atoms with van der Waals surface area (Å²) >= 11 is 2.55. The molecule has 3 atom stereocenters. The number of thioether (sulfide) groups is 2. The third-order valence-electron chi connectivity index (χ3n) is 4.49. The number of nitrogens with two attached hydrogens (primary N) is 1. The number of primary amides is 1. The third-order valence-corrected chi connectivity index (χ3v) is 6.32. The fraction of sp³-hybridized carbons (Fsp3) is 0.542. The van der Waals surface area contributed by atoms with Gasteiger partial charge in [0.05, 0.1) is 12.0 Å². The number of amides is 3. The second-order valence-electron chi connectivity index (χ2n) is 8.25. The summed E-state index contributed by atoms with van der Waals surface area (Å²) in [5, 5.41) is 4.95. The van der Waals surface area contributed by atoms with E-state index in [1.165, 1.54) is 31.2 Å². The number of carbonyl (C=O) groups is 5. The molecule has 10 heteroatoms. The molecule has 0 aliphatic heterocycles. The Kier molecular flexibility index (Phi) is 16.0. The molecular weight excluding hydrogens is 474 g/mol. The number of aldehydes is 1. The zero-order valence-corrected chi connectivity index (χ0v) is 22.4. The first-order chi connectivity index (χ1) is 15.9. The Labute approximate surface area is 210 Å². The lowest BCUT2D eigenvalue weighted by Crippen LogP contribution is -2.45. The molecule has 0 saturated carbocycles. The summed E-state index contributed by atoms with van der Waals surface area (Å²) in [6, 6.07) is 6.95. The zero-order chi connectivity index (χ0) is 26.3. The minimum Gasteiger partial charge on any atom is -0.368 e. The van der Waals surface area contributed by atoms with Gasteiger partial charge in [0.1, 0.15) is 12.3 Å². The first-order valence-corrected chi connectivity index (χ1v) is 13.3. The Morgan fingerprint density at radius 2 is 1.53 bits per heavy atom. The van der Waals surface area contributed by atoms with Gasteiger partial charge in [0, 0.05) is 25.4 Å². The molecule has 0 aliphatic carbocycles. The number of rotatable bonds is 12. The Hall–Kier alpha value is -2.33. The van der Waals surface area contributed by atoms with Gasteiger partial charge in [0.15, 0.2) is 5.12 Å². The second kappa shape index (κ2) is 17.2. The zero-order valence-electron chi connectivity index (χ0n) is 20.8. The number of hydrogen-bond donors (Lipinski definition) is 3. The van der Waals surface area contributed by atoms with E-state index in [9.17, 15) is 24.0 Å². The van der Waals surface area contributed by atoms with E-state index < -0.39 is 18.0 Å². The Morgan fingerprint density at radius 1 is 0.971 bits per heavy atom. The summed E-state index contributed by atoms with van der Waals surface area (Å²) in [7, 11) is 0. The summed E-state index contributed by atoms with van der Waals surface area (Å²) in [4.78, 5) is 55.2. The van der Waals surface area contributed by atoms with Crippen LogP contribution in [0.3, 0.4) is 0 Å². The summed E-state index contributed by atoms with van der Waals surface area (Å²) in [6.07, 6.45) is 3.53. The maximum absolute atomic E-state index is 12.2. The van der Waals surface area contributed by atoms with Gasteiger partial charge in [-0.25, -0.2) is 0 Å². The van der Waals surface area contributed by atoms with Crippen LogP contribution in [0.4, 0.5) is 0 Å². The van der Waals surface area contributed by atoms with Crippen LogP contribution in [0.2, 0.25) is 0 Å². The van der Waals surface area contributed by atoms with Gasteiger partial charge in [-0.15, -0.1) is 0 Å².